The number of pyridine rings is 1. The minimum absolute atomic E-state index is 0. The molecular formula is C14H28ClN3O2. The van der Waals surface area contributed by atoms with Crippen LogP contribution < -0.4 is 5.32 Å². The van der Waals surface area contributed by atoms with Gasteiger partial charge in [0.15, 0.2) is 0 Å². The third kappa shape index (κ3) is 10.5. The molecule has 118 valence electrons. The van der Waals surface area contributed by atoms with Gasteiger partial charge in [-0.2, -0.15) is 0 Å². The molecule has 0 spiro atoms. The fourth-order valence-electron chi connectivity index (χ4n) is 1.23. The second kappa shape index (κ2) is 14.0. The van der Waals surface area contributed by atoms with Gasteiger partial charge in [0.25, 0.3) is 0 Å². The molecule has 0 saturated carbocycles. The molecule has 5 nitrogen and oxygen atoms in total. The number of hydrogen-bond donors (Lipinski definition) is 3. The summed E-state index contributed by atoms with van der Waals surface area (Å²) in [6.07, 6.45) is 7.54. The van der Waals surface area contributed by atoms with E-state index in [1.165, 1.54) is 6.21 Å². The lowest BCUT2D eigenvalue weighted by Crippen LogP contribution is -2.24. The molecule has 0 aromatic carbocycles. The molecule has 1 aromatic heterocycles. The SMILES string of the molecule is C=CC(C)(CC=N)CNc1cccnc1.CCO.Cl.O.[HH]. The van der Waals surface area contributed by atoms with Gasteiger partial charge in [0.2, 0.25) is 0 Å². The van der Waals surface area contributed by atoms with E-state index in [9.17, 15) is 0 Å². The molecular weight excluding hydrogens is 278 g/mol. The highest BCUT2D eigenvalue weighted by Gasteiger charge is 2.18. The van der Waals surface area contributed by atoms with Gasteiger partial charge in [-0.25, -0.2) is 0 Å². The van der Waals surface area contributed by atoms with E-state index < -0.39 is 0 Å². The maximum atomic E-state index is 7.57. The van der Waals surface area contributed by atoms with Crippen molar-refractivity contribution in [3.63, 3.8) is 0 Å². The summed E-state index contributed by atoms with van der Waals surface area (Å²) in [6.45, 7) is 8.57. The first-order chi connectivity index (χ1) is 8.61. The van der Waals surface area contributed by atoms with Crippen LogP contribution >= 0.6 is 12.4 Å². The first-order valence-corrected chi connectivity index (χ1v) is 5.99. The van der Waals surface area contributed by atoms with E-state index in [-0.39, 0.29) is 31.3 Å². The number of nitrogens with zero attached hydrogens (tertiary/aromatic N) is 1. The average Bonchev–Trinajstić information content (AvgIpc) is 2.39. The summed E-state index contributed by atoms with van der Waals surface area (Å²) in [5, 5.41) is 18.0. The van der Waals surface area contributed by atoms with Crippen LogP contribution in [-0.2, 0) is 0 Å². The van der Waals surface area contributed by atoms with E-state index in [0.29, 0.717) is 6.42 Å². The molecule has 1 atom stereocenters. The third-order valence-corrected chi connectivity index (χ3v) is 2.42. The van der Waals surface area contributed by atoms with Crippen LogP contribution in [-0.4, -0.2) is 34.9 Å². The summed E-state index contributed by atoms with van der Waals surface area (Å²) in [5.74, 6) is 0. The quantitative estimate of drug-likeness (QED) is 0.556. The van der Waals surface area contributed by atoms with Gasteiger partial charge < -0.3 is 21.3 Å². The molecule has 0 aliphatic heterocycles. The van der Waals surface area contributed by atoms with E-state index in [1.54, 1.807) is 19.3 Å². The monoisotopic (exact) mass is 305 g/mol. The van der Waals surface area contributed by atoms with Crippen molar-refractivity contribution in [2.24, 2.45) is 5.41 Å². The number of aliphatic hydroxyl groups excluding tert-OH is 1. The number of nitrogens with one attached hydrogen (secondary N) is 2. The van der Waals surface area contributed by atoms with Crippen LogP contribution in [0.2, 0.25) is 0 Å². The van der Waals surface area contributed by atoms with Gasteiger partial charge >= 0.3 is 0 Å². The van der Waals surface area contributed by atoms with Gasteiger partial charge in [-0.15, -0.1) is 19.0 Å². The van der Waals surface area contributed by atoms with Crippen molar-refractivity contribution in [3.8, 4) is 0 Å². The molecule has 0 aliphatic rings. The minimum Gasteiger partial charge on any atom is -0.412 e. The fourth-order valence-corrected chi connectivity index (χ4v) is 1.23. The number of hydrogen-bond acceptors (Lipinski definition) is 4. The maximum Gasteiger partial charge on any atom is 0.0527 e. The summed E-state index contributed by atoms with van der Waals surface area (Å²) in [6, 6.07) is 3.87. The van der Waals surface area contributed by atoms with E-state index >= 15 is 0 Å². The van der Waals surface area contributed by atoms with E-state index in [1.807, 2.05) is 18.2 Å². The molecule has 0 radical (unpaired) electrons. The first kappa shape index (κ1) is 23.6. The van der Waals surface area contributed by atoms with Crippen molar-refractivity contribution < 1.29 is 12.0 Å². The van der Waals surface area contributed by atoms with Gasteiger partial charge in [0.05, 0.1) is 5.69 Å². The molecule has 1 unspecified atom stereocenters. The van der Waals surface area contributed by atoms with Crippen LogP contribution in [0.25, 0.3) is 0 Å². The Kier molecular flexibility index (Phi) is 16.5. The van der Waals surface area contributed by atoms with Crippen LogP contribution in [0.5, 0.6) is 0 Å². The van der Waals surface area contributed by atoms with Crippen molar-refractivity contribution in [3.05, 3.63) is 37.2 Å². The number of anilines is 1. The molecule has 1 aromatic rings. The van der Waals surface area contributed by atoms with Crippen LogP contribution in [0.4, 0.5) is 5.69 Å². The predicted octanol–water partition coefficient (Wildman–Crippen LogP) is 2.57. The zero-order valence-corrected chi connectivity index (χ0v) is 12.9. The third-order valence-electron chi connectivity index (χ3n) is 2.42. The van der Waals surface area contributed by atoms with E-state index in [0.717, 1.165) is 12.2 Å². The Morgan fingerprint density at radius 2 is 2.20 bits per heavy atom. The van der Waals surface area contributed by atoms with Crippen molar-refractivity contribution in [1.29, 1.82) is 5.41 Å². The fraction of sp³-hybridized carbons (Fsp3) is 0.429. The number of rotatable bonds is 6. The van der Waals surface area contributed by atoms with E-state index in [4.69, 9.17) is 10.5 Å². The summed E-state index contributed by atoms with van der Waals surface area (Å²) in [4.78, 5) is 4.02. The van der Waals surface area contributed by atoms with Gasteiger partial charge in [-0.1, -0.05) is 13.0 Å². The number of halogens is 1. The number of aromatic nitrogens is 1. The molecule has 6 heteroatoms. The second-order valence-electron chi connectivity index (χ2n) is 4.18. The molecule has 1 heterocycles. The van der Waals surface area contributed by atoms with Gasteiger partial charge in [-0.3, -0.25) is 4.98 Å². The Balaban J connectivity index is -0.000000222. The van der Waals surface area contributed by atoms with Crippen LogP contribution in [0.1, 0.15) is 21.7 Å². The molecule has 1 rings (SSSR count). The lowest BCUT2D eigenvalue weighted by molar-refractivity contribution is 0.318. The topological polar surface area (TPSA) is 100 Å². The Bertz CT molecular complexity index is 355. The average molecular weight is 306 g/mol. The molecule has 20 heavy (non-hydrogen) atoms. The second-order valence-corrected chi connectivity index (χ2v) is 4.18. The molecule has 0 aliphatic carbocycles. The Morgan fingerprint density at radius 3 is 2.60 bits per heavy atom. The van der Waals surface area contributed by atoms with E-state index in [2.05, 4.69) is 23.8 Å². The lowest BCUT2D eigenvalue weighted by atomic mass is 9.87. The van der Waals surface area contributed by atoms with Crippen molar-refractivity contribution in [2.45, 2.75) is 20.3 Å². The maximum absolute atomic E-state index is 7.57. The zero-order chi connectivity index (χ0) is 13.9. The molecule has 5 N–H and O–H groups in total. The largest absolute Gasteiger partial charge is 0.412 e. The van der Waals surface area contributed by atoms with Gasteiger partial charge in [-0.05, 0) is 31.7 Å². The normalized spacial score (nSPS) is 11.3. The van der Waals surface area contributed by atoms with Crippen LogP contribution in [0.15, 0.2) is 37.2 Å². The minimum atomic E-state index is -0.0718. The standard InChI is InChI=1S/C12H17N3.C2H6O.ClH.H2O.H2/c1-3-12(2,6-7-13)10-15-11-5-4-8-14-9-11;1-2-3;;;/h3-5,7-9,13,15H,1,6,10H2,2H3;3H,2H2,1H3;1H;1H2;1H. The smallest absolute Gasteiger partial charge is 0.0527 e. The highest BCUT2D eigenvalue weighted by molar-refractivity contribution is 5.85. The summed E-state index contributed by atoms with van der Waals surface area (Å²) < 4.78 is 0. The van der Waals surface area contributed by atoms with Gasteiger partial charge in [0, 0.05) is 32.4 Å². The van der Waals surface area contributed by atoms with Crippen molar-refractivity contribution in [2.75, 3.05) is 18.5 Å². The zero-order valence-electron chi connectivity index (χ0n) is 12.1. The number of aliphatic hydroxyl groups is 1. The summed E-state index contributed by atoms with van der Waals surface area (Å²) >= 11 is 0. The highest BCUT2D eigenvalue weighted by atomic mass is 35.5. The highest BCUT2D eigenvalue weighted by Crippen LogP contribution is 2.21. The Labute approximate surface area is 128 Å². The van der Waals surface area contributed by atoms with Gasteiger partial charge in [0.1, 0.15) is 0 Å². The molecule has 0 amide bonds. The van der Waals surface area contributed by atoms with Crippen LogP contribution in [0.3, 0.4) is 0 Å². The van der Waals surface area contributed by atoms with Crippen LogP contribution in [0, 0.1) is 10.8 Å². The lowest BCUT2D eigenvalue weighted by Gasteiger charge is -2.24. The summed E-state index contributed by atoms with van der Waals surface area (Å²) in [7, 11) is 0. The van der Waals surface area contributed by atoms with Crippen molar-refractivity contribution >= 4 is 24.3 Å². The first-order valence-electron chi connectivity index (χ1n) is 5.99. The molecule has 0 fully saturated rings. The summed E-state index contributed by atoms with van der Waals surface area (Å²) in [5.41, 5.74) is 0.924. The van der Waals surface area contributed by atoms with Crippen molar-refractivity contribution in [1.82, 2.24) is 4.98 Å². The molecule has 0 saturated heterocycles. The Hall–Kier alpha value is -1.43. The Morgan fingerprint density at radius 1 is 1.60 bits per heavy atom. The predicted molar refractivity (Wildman–Crippen MR) is 90.2 cm³/mol. The molecule has 0 bridgehead atoms.